The van der Waals surface area contributed by atoms with Crippen molar-refractivity contribution in [2.24, 2.45) is 5.16 Å². The largest absolute Gasteiger partial charge is 0.490 e. The van der Waals surface area contributed by atoms with Crippen LogP contribution < -0.4 is 11.1 Å². The molecule has 226 valence electrons. The summed E-state index contributed by atoms with van der Waals surface area (Å²) < 4.78 is 36.7. The van der Waals surface area contributed by atoms with Gasteiger partial charge in [-0.1, -0.05) is 47.6 Å². The van der Waals surface area contributed by atoms with Gasteiger partial charge in [-0.2, -0.15) is 18.4 Å². The number of aliphatic carboxylic acids is 1. The van der Waals surface area contributed by atoms with Crippen LogP contribution in [0.3, 0.4) is 0 Å². The number of halogens is 3. The molecule has 0 bridgehead atoms. The van der Waals surface area contributed by atoms with Crippen molar-refractivity contribution in [2.75, 3.05) is 24.7 Å². The monoisotopic (exact) mass is 599 g/mol. The number of imide groups is 1. The molecule has 14 heteroatoms. The summed E-state index contributed by atoms with van der Waals surface area (Å²) in [7, 11) is 1.35. The number of carbonyl (C=O) groups excluding carboxylic acids is 2. The van der Waals surface area contributed by atoms with Crippen LogP contribution in [0.15, 0.2) is 71.9 Å². The molecule has 0 radical (unpaired) electrons. The number of likely N-dealkylation sites (N-methyl/N-ethyl adjacent to an activating group) is 1. The fourth-order valence-electron chi connectivity index (χ4n) is 3.77. The molecule has 0 saturated carbocycles. The number of carboxylic acid groups (broad SMARTS) is 1. The zero-order valence-corrected chi connectivity index (χ0v) is 23.0. The van der Waals surface area contributed by atoms with Gasteiger partial charge in [0.05, 0.1) is 24.5 Å². The normalized spacial score (nSPS) is 11.4. The van der Waals surface area contributed by atoms with Crippen molar-refractivity contribution >= 4 is 35.6 Å². The highest BCUT2D eigenvalue weighted by Gasteiger charge is 2.38. The number of hydrogen-bond acceptors (Lipinski definition) is 9. The Kier molecular flexibility index (Phi) is 12.1. The van der Waals surface area contributed by atoms with Crippen molar-refractivity contribution in [2.45, 2.75) is 25.6 Å². The lowest BCUT2D eigenvalue weighted by atomic mass is 9.97. The molecular weight excluding hydrogens is 571 g/mol. The Hall–Kier alpha value is -5.58. The fourth-order valence-corrected chi connectivity index (χ4v) is 3.77. The number of benzene rings is 3. The second kappa shape index (κ2) is 15.4. The van der Waals surface area contributed by atoms with E-state index in [0.717, 1.165) is 16.0 Å². The molecule has 0 saturated heterocycles. The molecule has 3 aromatic rings. The standard InChI is InChI=1S/C27H27N5O4.C2HF3O2/c1-3-36-27(34)32(2)26(33)25(15-19-8-6-10-24(29)23(19)17-30-35)31-21-13-11-18(12-14-21)22-9-5-4-7-20(22)16-28;3-2(4,5)1(6)7/h4-14,17,25,31,35H,3,15,29H2,1-2H3;(H,6,7)/t25-;/m0./s1. The zero-order chi connectivity index (χ0) is 32.2. The molecule has 3 aromatic carbocycles. The number of carboxylic acids is 1. The van der Waals surface area contributed by atoms with E-state index in [0.29, 0.717) is 28.1 Å². The number of oxime groups is 1. The van der Waals surface area contributed by atoms with E-state index in [2.05, 4.69) is 16.5 Å². The van der Waals surface area contributed by atoms with Crippen LogP contribution in [0.4, 0.5) is 29.3 Å². The summed E-state index contributed by atoms with van der Waals surface area (Å²) in [6, 6.07) is 21.0. The van der Waals surface area contributed by atoms with Crippen molar-refractivity contribution in [1.29, 1.82) is 5.26 Å². The number of nitrogens with zero attached hydrogens (tertiary/aromatic N) is 3. The lowest BCUT2D eigenvalue weighted by Gasteiger charge is -2.24. The zero-order valence-electron chi connectivity index (χ0n) is 23.0. The van der Waals surface area contributed by atoms with Gasteiger partial charge in [0.2, 0.25) is 0 Å². The van der Waals surface area contributed by atoms with E-state index in [1.165, 1.54) is 13.3 Å². The van der Waals surface area contributed by atoms with E-state index >= 15 is 0 Å². The number of nitrogens with two attached hydrogens (primary N) is 1. The van der Waals surface area contributed by atoms with Crippen molar-refractivity contribution < 1.29 is 42.6 Å². The first-order valence-electron chi connectivity index (χ1n) is 12.5. The number of amides is 2. The number of anilines is 2. The minimum Gasteiger partial charge on any atom is -0.475 e. The number of nitriles is 1. The van der Waals surface area contributed by atoms with Crippen molar-refractivity contribution in [1.82, 2.24) is 4.90 Å². The summed E-state index contributed by atoms with van der Waals surface area (Å²) in [6.07, 6.45) is -4.49. The molecule has 43 heavy (non-hydrogen) atoms. The molecule has 3 rings (SSSR count). The minimum absolute atomic E-state index is 0.131. The Morgan fingerprint density at radius 2 is 1.74 bits per heavy atom. The van der Waals surface area contributed by atoms with Gasteiger partial charge in [0.1, 0.15) is 6.04 Å². The topological polar surface area (TPSA) is 178 Å². The van der Waals surface area contributed by atoms with Gasteiger partial charge in [-0.15, -0.1) is 0 Å². The molecular formula is C29H28F3N5O6. The van der Waals surface area contributed by atoms with Gasteiger partial charge < -0.3 is 26.1 Å². The molecule has 0 unspecified atom stereocenters. The van der Waals surface area contributed by atoms with Gasteiger partial charge in [0.15, 0.2) is 0 Å². The maximum Gasteiger partial charge on any atom is 0.490 e. The molecule has 0 aliphatic heterocycles. The Bertz CT molecular complexity index is 1500. The number of alkyl halides is 3. The molecule has 2 amide bonds. The minimum atomic E-state index is -5.08. The highest BCUT2D eigenvalue weighted by atomic mass is 19.4. The number of ether oxygens (including phenoxy) is 1. The quantitative estimate of drug-likeness (QED) is 0.121. The van der Waals surface area contributed by atoms with Crippen molar-refractivity contribution in [3.05, 3.63) is 83.4 Å². The van der Waals surface area contributed by atoms with Gasteiger partial charge in [0, 0.05) is 30.4 Å². The molecule has 1 atom stereocenters. The first-order chi connectivity index (χ1) is 20.3. The second-order valence-electron chi connectivity index (χ2n) is 8.70. The molecule has 0 aliphatic carbocycles. The van der Waals surface area contributed by atoms with Crippen LogP contribution in [-0.4, -0.2) is 65.3 Å². The van der Waals surface area contributed by atoms with E-state index in [-0.39, 0.29) is 13.0 Å². The van der Waals surface area contributed by atoms with Crippen LogP contribution >= 0.6 is 0 Å². The predicted molar refractivity (Wildman–Crippen MR) is 151 cm³/mol. The number of nitrogen functional groups attached to an aromatic ring is 1. The van der Waals surface area contributed by atoms with Crippen LogP contribution in [0.1, 0.15) is 23.6 Å². The van der Waals surface area contributed by atoms with Crippen LogP contribution in [0, 0.1) is 11.3 Å². The summed E-state index contributed by atoms with van der Waals surface area (Å²) >= 11 is 0. The number of nitrogens with one attached hydrogen (secondary N) is 1. The van der Waals surface area contributed by atoms with E-state index in [4.69, 9.17) is 25.6 Å². The van der Waals surface area contributed by atoms with Crippen LogP contribution in [0.25, 0.3) is 11.1 Å². The lowest BCUT2D eigenvalue weighted by molar-refractivity contribution is -0.192. The molecule has 0 fully saturated rings. The predicted octanol–water partition coefficient (Wildman–Crippen LogP) is 4.89. The molecule has 5 N–H and O–H groups in total. The van der Waals surface area contributed by atoms with E-state index in [1.54, 1.807) is 49.4 Å². The maximum absolute atomic E-state index is 13.3. The summed E-state index contributed by atoms with van der Waals surface area (Å²) in [6.45, 7) is 1.79. The summed E-state index contributed by atoms with van der Waals surface area (Å²) in [5.41, 5.74) is 10.4. The number of carbonyl (C=O) groups is 3. The van der Waals surface area contributed by atoms with Gasteiger partial charge in [-0.3, -0.25) is 4.79 Å². The van der Waals surface area contributed by atoms with Gasteiger partial charge in [-0.05, 0) is 47.9 Å². The Balaban J connectivity index is 0.000000821. The number of rotatable bonds is 8. The van der Waals surface area contributed by atoms with Gasteiger partial charge in [-0.25, -0.2) is 14.5 Å². The van der Waals surface area contributed by atoms with Crippen molar-refractivity contribution in [3.63, 3.8) is 0 Å². The van der Waals surface area contributed by atoms with E-state index in [1.807, 2.05) is 24.3 Å². The van der Waals surface area contributed by atoms with Gasteiger partial charge >= 0.3 is 18.2 Å². The molecule has 0 spiro atoms. The first-order valence-corrected chi connectivity index (χ1v) is 12.5. The third kappa shape index (κ3) is 9.49. The van der Waals surface area contributed by atoms with E-state index < -0.39 is 30.2 Å². The maximum atomic E-state index is 13.3. The Morgan fingerprint density at radius 1 is 1.12 bits per heavy atom. The highest BCUT2D eigenvalue weighted by Crippen LogP contribution is 2.26. The van der Waals surface area contributed by atoms with Crippen LogP contribution in [-0.2, 0) is 20.7 Å². The van der Waals surface area contributed by atoms with Crippen LogP contribution in [0.2, 0.25) is 0 Å². The average Bonchev–Trinajstić information content (AvgIpc) is 2.98. The Labute approximate surface area is 244 Å². The van der Waals surface area contributed by atoms with Gasteiger partial charge in [0.25, 0.3) is 5.91 Å². The molecule has 0 heterocycles. The first kappa shape index (κ1) is 33.6. The second-order valence-corrected chi connectivity index (χ2v) is 8.70. The number of hydrogen-bond donors (Lipinski definition) is 4. The fraction of sp³-hybridized carbons (Fsp3) is 0.207. The van der Waals surface area contributed by atoms with E-state index in [9.17, 15) is 28.0 Å². The summed E-state index contributed by atoms with van der Waals surface area (Å²) in [5.74, 6) is -3.27. The SMILES string of the molecule is CCOC(=O)N(C)C(=O)[C@H](Cc1cccc(N)c1C=NO)Nc1ccc(-c2ccccc2C#N)cc1.O=C(O)C(F)(F)F. The third-order valence-electron chi connectivity index (χ3n) is 5.84. The van der Waals surface area contributed by atoms with Crippen molar-refractivity contribution in [3.8, 4) is 17.2 Å². The summed E-state index contributed by atoms with van der Waals surface area (Å²) in [5, 5.41) is 31.9. The molecule has 0 aliphatic rings. The third-order valence-corrected chi connectivity index (χ3v) is 5.84. The average molecular weight is 600 g/mol. The molecule has 11 nitrogen and oxygen atoms in total. The smallest absolute Gasteiger partial charge is 0.475 e. The van der Waals surface area contributed by atoms with Crippen LogP contribution in [0.5, 0.6) is 0 Å². The Morgan fingerprint density at radius 3 is 2.30 bits per heavy atom. The summed E-state index contributed by atoms with van der Waals surface area (Å²) in [4.78, 5) is 35.4. The highest BCUT2D eigenvalue weighted by molar-refractivity contribution is 5.97. The molecule has 0 aromatic heterocycles. The lowest BCUT2D eigenvalue weighted by Crippen LogP contribution is -2.45.